The molecule has 1 aliphatic heterocycles. The van der Waals surface area contributed by atoms with Gasteiger partial charge in [0.1, 0.15) is 10.9 Å². The molecular weight excluding hydrogens is 432 g/mol. The zero-order valence-corrected chi connectivity index (χ0v) is 18.2. The van der Waals surface area contributed by atoms with Crippen molar-refractivity contribution in [2.24, 2.45) is 0 Å². The molecule has 0 spiro atoms. The van der Waals surface area contributed by atoms with Crippen LogP contribution < -0.4 is 4.31 Å². The first-order valence-electron chi connectivity index (χ1n) is 9.35. The lowest BCUT2D eigenvalue weighted by molar-refractivity contribution is 0.591. The molecule has 0 saturated carbocycles. The molecule has 0 aliphatic carbocycles. The lowest BCUT2D eigenvalue weighted by Crippen LogP contribution is -2.35. The molecule has 4 nitrogen and oxygen atoms in total. The molecule has 1 aliphatic rings. The van der Waals surface area contributed by atoms with Gasteiger partial charge in [-0.1, -0.05) is 36.4 Å². The minimum Gasteiger partial charge on any atom is -0.264 e. The van der Waals surface area contributed by atoms with Gasteiger partial charge in [0.25, 0.3) is 10.0 Å². The minimum atomic E-state index is -3.69. The summed E-state index contributed by atoms with van der Waals surface area (Å²) in [7, 11) is -3.69. The second-order valence-electron chi connectivity index (χ2n) is 6.89. The topological polar surface area (TPSA) is 61.2 Å². The third-order valence-corrected chi connectivity index (χ3v) is 8.98. The first-order valence-corrected chi connectivity index (χ1v) is 12.6. The molecule has 0 radical (unpaired) electrons. The maximum Gasteiger partial charge on any atom is 0.264 e. The fraction of sp³-hybridized carbons (Fsp3) is 0.0870. The Morgan fingerprint density at radius 3 is 2.57 bits per heavy atom. The van der Waals surface area contributed by atoms with Crippen LogP contribution in [0.5, 0.6) is 0 Å². The lowest BCUT2D eigenvalue weighted by atomic mass is 10.1. The molecule has 0 fully saturated rings. The van der Waals surface area contributed by atoms with E-state index < -0.39 is 10.0 Å². The quantitative estimate of drug-likeness (QED) is 0.401. The molecule has 0 atom stereocenters. The van der Waals surface area contributed by atoms with Crippen molar-refractivity contribution < 1.29 is 8.42 Å². The molecule has 0 saturated heterocycles. The van der Waals surface area contributed by atoms with E-state index >= 15 is 0 Å². The van der Waals surface area contributed by atoms with Crippen molar-refractivity contribution in [2.45, 2.75) is 9.79 Å². The zero-order chi connectivity index (χ0) is 20.7. The largest absolute Gasteiger partial charge is 0.264 e. The van der Waals surface area contributed by atoms with E-state index in [0.717, 1.165) is 26.1 Å². The molecule has 1 aromatic heterocycles. The van der Waals surface area contributed by atoms with E-state index in [9.17, 15) is 8.42 Å². The molecular formula is C23H16N2O2S3. The third kappa shape index (κ3) is 3.27. The van der Waals surface area contributed by atoms with Crippen LogP contribution in [-0.2, 0) is 10.0 Å². The molecule has 4 aromatic rings. The van der Waals surface area contributed by atoms with E-state index in [2.05, 4.69) is 6.07 Å². The van der Waals surface area contributed by atoms with Gasteiger partial charge in [0, 0.05) is 22.1 Å². The fourth-order valence-electron chi connectivity index (χ4n) is 3.60. The highest BCUT2D eigenvalue weighted by Crippen LogP contribution is 2.41. The summed E-state index contributed by atoms with van der Waals surface area (Å²) in [6, 6.07) is 24.8. The molecule has 148 valence electrons. The summed E-state index contributed by atoms with van der Waals surface area (Å²) in [6.07, 6.45) is 0. The van der Waals surface area contributed by atoms with Crippen molar-refractivity contribution in [2.75, 3.05) is 16.6 Å². The van der Waals surface area contributed by atoms with Gasteiger partial charge in [-0.2, -0.15) is 5.26 Å². The van der Waals surface area contributed by atoms with Crippen molar-refractivity contribution in [1.29, 1.82) is 5.26 Å². The molecule has 0 bridgehead atoms. The van der Waals surface area contributed by atoms with E-state index in [4.69, 9.17) is 5.26 Å². The van der Waals surface area contributed by atoms with Gasteiger partial charge in [0.2, 0.25) is 0 Å². The molecule has 0 N–H and O–H groups in total. The van der Waals surface area contributed by atoms with E-state index in [-0.39, 0.29) is 0 Å². The Morgan fingerprint density at radius 2 is 1.77 bits per heavy atom. The minimum absolute atomic E-state index is 0.298. The second kappa shape index (κ2) is 7.47. The average molecular weight is 449 g/mol. The van der Waals surface area contributed by atoms with Crippen molar-refractivity contribution >= 4 is 49.6 Å². The van der Waals surface area contributed by atoms with Gasteiger partial charge in [-0.25, -0.2) is 8.42 Å². The average Bonchev–Trinajstić information content (AvgIpc) is 3.27. The van der Waals surface area contributed by atoms with Crippen LogP contribution in [0.15, 0.2) is 82.6 Å². The number of nitriles is 1. The van der Waals surface area contributed by atoms with Gasteiger partial charge in [-0.3, -0.25) is 4.31 Å². The van der Waals surface area contributed by atoms with Crippen molar-refractivity contribution in [3.8, 4) is 16.5 Å². The molecule has 30 heavy (non-hydrogen) atoms. The Labute approximate surface area is 183 Å². The Hall–Kier alpha value is -2.79. The Bertz CT molecular complexity index is 1420. The van der Waals surface area contributed by atoms with Crippen LogP contribution in [0.1, 0.15) is 4.88 Å². The fourth-order valence-corrected chi connectivity index (χ4v) is 7.06. The van der Waals surface area contributed by atoms with Crippen LogP contribution in [0.3, 0.4) is 0 Å². The standard InChI is InChI=1S/C23H16N2O2S3/c24-15-19-7-10-22(29-19)18-6-9-23-21(14-18)25(11-12-28-23)30(26,27)20-8-5-16-3-1-2-4-17(16)13-20/h1-10,13-14H,11-12H2. The Morgan fingerprint density at radius 1 is 0.933 bits per heavy atom. The predicted octanol–water partition coefficient (Wildman–Crippen LogP) is 5.74. The van der Waals surface area contributed by atoms with Gasteiger partial charge in [0.05, 0.1) is 10.6 Å². The highest BCUT2D eigenvalue weighted by atomic mass is 32.2. The number of thioether (sulfide) groups is 1. The van der Waals surface area contributed by atoms with Gasteiger partial charge < -0.3 is 0 Å². The molecule has 5 rings (SSSR count). The monoisotopic (exact) mass is 448 g/mol. The first-order chi connectivity index (χ1) is 14.6. The van der Waals surface area contributed by atoms with E-state index in [1.807, 2.05) is 54.6 Å². The van der Waals surface area contributed by atoms with Crippen LogP contribution >= 0.6 is 23.1 Å². The number of thiophene rings is 1. The summed E-state index contributed by atoms with van der Waals surface area (Å²) >= 11 is 3.07. The van der Waals surface area contributed by atoms with Gasteiger partial charge in [0.15, 0.2) is 0 Å². The second-order valence-corrected chi connectivity index (χ2v) is 11.0. The zero-order valence-electron chi connectivity index (χ0n) is 15.8. The number of hydrogen-bond acceptors (Lipinski definition) is 5. The number of sulfonamides is 1. The van der Waals surface area contributed by atoms with Crippen LogP contribution in [0, 0.1) is 11.3 Å². The number of anilines is 1. The maximum absolute atomic E-state index is 13.6. The summed E-state index contributed by atoms with van der Waals surface area (Å²) in [5, 5.41) is 11.0. The van der Waals surface area contributed by atoms with Gasteiger partial charge >= 0.3 is 0 Å². The molecule has 2 heterocycles. The maximum atomic E-state index is 13.6. The highest BCUT2D eigenvalue weighted by Gasteiger charge is 2.30. The molecule has 7 heteroatoms. The number of nitrogens with zero attached hydrogens (tertiary/aromatic N) is 2. The number of hydrogen-bond donors (Lipinski definition) is 0. The molecule has 0 unspecified atom stereocenters. The van der Waals surface area contributed by atoms with Crippen molar-refractivity contribution in [1.82, 2.24) is 0 Å². The molecule has 3 aromatic carbocycles. The highest BCUT2D eigenvalue weighted by molar-refractivity contribution is 8.00. The van der Waals surface area contributed by atoms with Crippen molar-refractivity contribution in [3.05, 3.63) is 77.7 Å². The summed E-state index contributed by atoms with van der Waals surface area (Å²) in [5.74, 6) is 0.705. The first kappa shape index (κ1) is 19.2. The smallest absolute Gasteiger partial charge is 0.264 e. The lowest BCUT2D eigenvalue weighted by Gasteiger charge is -2.30. The van der Waals surface area contributed by atoms with Gasteiger partial charge in [-0.15, -0.1) is 23.1 Å². The number of benzene rings is 3. The predicted molar refractivity (Wildman–Crippen MR) is 124 cm³/mol. The third-order valence-electron chi connectivity index (χ3n) is 5.09. The van der Waals surface area contributed by atoms with Crippen molar-refractivity contribution in [3.63, 3.8) is 0 Å². The van der Waals surface area contributed by atoms with Crippen LogP contribution in [0.2, 0.25) is 0 Å². The van der Waals surface area contributed by atoms with E-state index in [1.54, 1.807) is 30.0 Å². The SMILES string of the molecule is N#Cc1ccc(-c2ccc3c(c2)N(S(=O)(=O)c2ccc4ccccc4c2)CCS3)s1. The molecule has 0 amide bonds. The Balaban J connectivity index is 1.60. The van der Waals surface area contributed by atoms with Crippen LogP contribution in [-0.4, -0.2) is 20.7 Å². The normalized spacial score (nSPS) is 13.8. The number of fused-ring (bicyclic) bond motifs is 2. The van der Waals surface area contributed by atoms with E-state index in [1.165, 1.54) is 15.6 Å². The summed E-state index contributed by atoms with van der Waals surface area (Å²) in [6.45, 7) is 0.421. The van der Waals surface area contributed by atoms with Gasteiger partial charge in [-0.05, 0) is 52.7 Å². The summed E-state index contributed by atoms with van der Waals surface area (Å²) in [5.41, 5.74) is 1.62. The Kier molecular flexibility index (Phi) is 4.78. The van der Waals surface area contributed by atoms with E-state index in [0.29, 0.717) is 27.8 Å². The number of rotatable bonds is 3. The summed E-state index contributed by atoms with van der Waals surface area (Å²) < 4.78 is 28.7. The van der Waals surface area contributed by atoms with Crippen LogP contribution in [0.25, 0.3) is 21.2 Å². The van der Waals surface area contributed by atoms with Crippen LogP contribution in [0.4, 0.5) is 5.69 Å². The summed E-state index contributed by atoms with van der Waals surface area (Å²) in [4.78, 5) is 2.84.